The molecule has 2 N–H and O–H groups in total. The predicted molar refractivity (Wildman–Crippen MR) is 87.1 cm³/mol. The van der Waals surface area contributed by atoms with Gasteiger partial charge in [0.25, 0.3) is 0 Å². The number of nitrogens with one attached hydrogen (secondary N) is 2. The minimum atomic E-state index is 0.173. The molecule has 0 unspecified atom stereocenters. The van der Waals surface area contributed by atoms with Gasteiger partial charge in [-0.1, -0.05) is 0 Å². The van der Waals surface area contributed by atoms with Gasteiger partial charge in [-0.3, -0.25) is 9.97 Å². The molecule has 0 aliphatic heterocycles. The van der Waals surface area contributed by atoms with E-state index < -0.39 is 0 Å². The minimum absolute atomic E-state index is 0.173. The maximum absolute atomic E-state index is 5.83. The van der Waals surface area contributed by atoms with Gasteiger partial charge in [-0.05, 0) is 39.7 Å². The lowest BCUT2D eigenvalue weighted by molar-refractivity contribution is 1.15. The molecule has 0 aliphatic rings. The zero-order valence-electron chi connectivity index (χ0n) is 10.9. The molecule has 1 aromatic carbocycles. The summed E-state index contributed by atoms with van der Waals surface area (Å²) in [6, 6.07) is 3.80. The van der Waals surface area contributed by atoms with E-state index in [1.54, 1.807) is 18.6 Å². The van der Waals surface area contributed by atoms with Crippen LogP contribution < -0.4 is 10.6 Å². The highest BCUT2D eigenvalue weighted by Gasteiger charge is 2.11. The van der Waals surface area contributed by atoms with Gasteiger partial charge in [0.1, 0.15) is 11.3 Å². The van der Waals surface area contributed by atoms with Gasteiger partial charge in [0, 0.05) is 25.6 Å². The molecule has 0 radical (unpaired) electrons. The van der Waals surface area contributed by atoms with Crippen molar-refractivity contribution in [2.24, 2.45) is 0 Å². The summed E-state index contributed by atoms with van der Waals surface area (Å²) in [7, 11) is 1.83. The summed E-state index contributed by atoms with van der Waals surface area (Å²) in [5.41, 5.74) is 3.25. The van der Waals surface area contributed by atoms with Crippen molar-refractivity contribution in [3.63, 3.8) is 0 Å². The smallest absolute Gasteiger partial charge is 0.224 e. The second-order valence-electron chi connectivity index (χ2n) is 4.12. The molecule has 0 aliphatic carbocycles. The molecule has 2 aromatic heterocycles. The number of rotatable bonds is 3. The third-order valence-corrected chi connectivity index (χ3v) is 3.62. The standard InChI is InChI=1S/C13H10BrClN6/c1-16-10-9(3-2-8-11(10)18-5-4-17-8)20-12-7(14)6-19-13(15)21-12/h2-6,16H,1H3,(H,19,20,21). The normalized spacial score (nSPS) is 10.6. The van der Waals surface area contributed by atoms with Crippen molar-refractivity contribution in [2.75, 3.05) is 17.7 Å². The van der Waals surface area contributed by atoms with Crippen LogP contribution in [0.2, 0.25) is 5.28 Å². The lowest BCUT2D eigenvalue weighted by atomic mass is 10.2. The van der Waals surface area contributed by atoms with Gasteiger partial charge in [-0.2, -0.15) is 4.98 Å². The Bertz CT molecular complexity index is 810. The fourth-order valence-electron chi connectivity index (χ4n) is 1.95. The number of aromatic nitrogens is 4. The summed E-state index contributed by atoms with van der Waals surface area (Å²) >= 11 is 9.22. The maximum Gasteiger partial charge on any atom is 0.224 e. The quantitative estimate of drug-likeness (QED) is 0.690. The Morgan fingerprint density at radius 1 is 1.14 bits per heavy atom. The summed E-state index contributed by atoms with van der Waals surface area (Å²) in [5, 5.41) is 6.52. The fraction of sp³-hybridized carbons (Fsp3) is 0.0769. The number of benzene rings is 1. The summed E-state index contributed by atoms with van der Waals surface area (Å²) in [6.45, 7) is 0. The molecule has 8 heteroatoms. The van der Waals surface area contributed by atoms with Crippen LogP contribution in [0.3, 0.4) is 0 Å². The third-order valence-electron chi connectivity index (χ3n) is 2.86. The highest BCUT2D eigenvalue weighted by Crippen LogP contribution is 2.32. The second kappa shape index (κ2) is 5.79. The van der Waals surface area contributed by atoms with Crippen LogP contribution in [-0.4, -0.2) is 27.0 Å². The molecular weight excluding hydrogens is 356 g/mol. The van der Waals surface area contributed by atoms with E-state index >= 15 is 0 Å². The van der Waals surface area contributed by atoms with Gasteiger partial charge in [0.15, 0.2) is 0 Å². The first-order valence-electron chi connectivity index (χ1n) is 6.05. The van der Waals surface area contributed by atoms with Gasteiger partial charge in [-0.15, -0.1) is 0 Å². The van der Waals surface area contributed by atoms with Crippen LogP contribution in [0.25, 0.3) is 11.0 Å². The fourth-order valence-corrected chi connectivity index (χ4v) is 2.38. The zero-order valence-corrected chi connectivity index (χ0v) is 13.3. The van der Waals surface area contributed by atoms with Crippen LogP contribution in [0.15, 0.2) is 35.2 Å². The van der Waals surface area contributed by atoms with Crippen LogP contribution >= 0.6 is 27.5 Å². The van der Waals surface area contributed by atoms with Crippen molar-refractivity contribution in [3.8, 4) is 0 Å². The third kappa shape index (κ3) is 2.74. The Morgan fingerprint density at radius 2 is 1.95 bits per heavy atom. The Balaban J connectivity index is 2.10. The molecule has 3 rings (SSSR count). The zero-order chi connectivity index (χ0) is 14.8. The predicted octanol–water partition coefficient (Wildman–Crippen LogP) is 3.62. The molecule has 3 aromatic rings. The molecule has 0 atom stereocenters. The van der Waals surface area contributed by atoms with E-state index in [0.29, 0.717) is 10.3 Å². The van der Waals surface area contributed by atoms with Gasteiger partial charge in [0.2, 0.25) is 5.28 Å². The largest absolute Gasteiger partial charge is 0.385 e. The van der Waals surface area contributed by atoms with E-state index in [2.05, 4.69) is 46.5 Å². The minimum Gasteiger partial charge on any atom is -0.385 e. The van der Waals surface area contributed by atoms with Gasteiger partial charge in [-0.25, -0.2) is 4.98 Å². The topological polar surface area (TPSA) is 75.6 Å². The first-order valence-corrected chi connectivity index (χ1v) is 7.22. The molecule has 0 fully saturated rings. The first kappa shape index (κ1) is 14.0. The van der Waals surface area contributed by atoms with E-state index in [9.17, 15) is 0 Å². The van der Waals surface area contributed by atoms with E-state index in [4.69, 9.17) is 11.6 Å². The molecule has 0 saturated heterocycles. The molecule has 0 amide bonds. The van der Waals surface area contributed by atoms with Crippen LogP contribution in [0, 0.1) is 0 Å². The van der Waals surface area contributed by atoms with Crippen molar-refractivity contribution < 1.29 is 0 Å². The second-order valence-corrected chi connectivity index (χ2v) is 5.32. The van der Waals surface area contributed by atoms with Gasteiger partial charge in [0.05, 0.1) is 21.4 Å². The molecular formula is C13H10BrClN6. The number of nitrogens with zero attached hydrogens (tertiary/aromatic N) is 4. The SMILES string of the molecule is CNc1c(Nc2nc(Cl)ncc2Br)ccc2nccnc12. The number of fused-ring (bicyclic) bond motifs is 1. The lowest BCUT2D eigenvalue weighted by Gasteiger charge is -2.13. The summed E-state index contributed by atoms with van der Waals surface area (Å²) in [5.74, 6) is 0.578. The van der Waals surface area contributed by atoms with E-state index in [1.165, 1.54) is 0 Å². The van der Waals surface area contributed by atoms with Gasteiger partial charge >= 0.3 is 0 Å². The van der Waals surface area contributed by atoms with Crippen LogP contribution in [-0.2, 0) is 0 Å². The molecule has 2 heterocycles. The van der Waals surface area contributed by atoms with Crippen molar-refractivity contribution >= 4 is 55.8 Å². The summed E-state index contributed by atoms with van der Waals surface area (Å²) < 4.78 is 0.716. The summed E-state index contributed by atoms with van der Waals surface area (Å²) in [4.78, 5) is 16.7. The summed E-state index contributed by atoms with van der Waals surface area (Å²) in [6.07, 6.45) is 4.91. The molecule has 0 saturated carbocycles. The Labute approximate surface area is 134 Å². The Hall–Kier alpha value is -1.99. The van der Waals surface area contributed by atoms with Crippen molar-refractivity contribution in [3.05, 3.63) is 40.5 Å². The Morgan fingerprint density at radius 3 is 2.76 bits per heavy atom. The van der Waals surface area contributed by atoms with E-state index in [1.807, 2.05) is 19.2 Å². The monoisotopic (exact) mass is 364 g/mol. The van der Waals surface area contributed by atoms with Crippen molar-refractivity contribution in [1.82, 2.24) is 19.9 Å². The van der Waals surface area contributed by atoms with Crippen LogP contribution in [0.5, 0.6) is 0 Å². The Kier molecular flexibility index (Phi) is 3.85. The van der Waals surface area contributed by atoms with Gasteiger partial charge < -0.3 is 10.6 Å². The number of hydrogen-bond donors (Lipinski definition) is 2. The number of anilines is 3. The van der Waals surface area contributed by atoms with E-state index in [0.717, 1.165) is 22.4 Å². The lowest BCUT2D eigenvalue weighted by Crippen LogP contribution is -2.02. The highest BCUT2D eigenvalue weighted by molar-refractivity contribution is 9.10. The molecule has 106 valence electrons. The van der Waals surface area contributed by atoms with E-state index in [-0.39, 0.29) is 5.28 Å². The van der Waals surface area contributed by atoms with Crippen molar-refractivity contribution in [1.29, 1.82) is 0 Å². The molecule has 0 bridgehead atoms. The molecule has 6 nitrogen and oxygen atoms in total. The first-order chi connectivity index (χ1) is 10.2. The van der Waals surface area contributed by atoms with Crippen molar-refractivity contribution in [2.45, 2.75) is 0 Å². The highest BCUT2D eigenvalue weighted by atomic mass is 79.9. The maximum atomic E-state index is 5.83. The molecule has 21 heavy (non-hydrogen) atoms. The van der Waals surface area contributed by atoms with Crippen LogP contribution in [0.1, 0.15) is 0 Å². The average Bonchev–Trinajstić information content (AvgIpc) is 2.50. The number of halogens is 2. The molecule has 0 spiro atoms. The van der Waals surface area contributed by atoms with Crippen LogP contribution in [0.4, 0.5) is 17.2 Å². The average molecular weight is 366 g/mol. The number of hydrogen-bond acceptors (Lipinski definition) is 6.